The molecule has 0 radical (unpaired) electrons. The molecule has 5 nitrogen and oxygen atoms in total. The number of aryl methyl sites for hydroxylation is 1. The van der Waals surface area contributed by atoms with Crippen molar-refractivity contribution in [3.05, 3.63) is 64.2 Å². The predicted octanol–water partition coefficient (Wildman–Crippen LogP) is 3.10. The quantitative estimate of drug-likeness (QED) is 0.131. The summed E-state index contributed by atoms with van der Waals surface area (Å²) >= 11 is 1.90. The van der Waals surface area contributed by atoms with E-state index in [1.807, 2.05) is 29.7 Å². The van der Waals surface area contributed by atoms with E-state index in [1.54, 1.807) is 0 Å². The zero-order chi connectivity index (χ0) is 21.6. The van der Waals surface area contributed by atoms with Gasteiger partial charge in [0.15, 0.2) is 0 Å². The van der Waals surface area contributed by atoms with E-state index in [2.05, 4.69) is 94.0 Å². The standard InChI is InChI=1S/C24H26N5SSe.HI/c1-4-28(5-2)19-13-11-18(12-14-19)26-27-24-25-17-20(31-24)15-16-23-29(6-3)21-9-7-8-10-22(21)30-23;/h7-17H,4-6H2,1-3H3;1H/q+1;/p-1. The normalized spacial score (nSPS) is 11.5. The predicted molar refractivity (Wildman–Crippen MR) is 132 cm³/mol. The average Bonchev–Trinajstić information content (AvgIpc) is 3.41. The molecule has 4 aromatic rings. The van der Waals surface area contributed by atoms with Crippen LogP contribution in [0, 0.1) is 0 Å². The smallest absolute Gasteiger partial charge is 1.00 e. The van der Waals surface area contributed by atoms with Crippen LogP contribution in [0.5, 0.6) is 0 Å². The summed E-state index contributed by atoms with van der Waals surface area (Å²) in [5.41, 5.74) is 3.36. The number of rotatable bonds is 8. The molecule has 0 aliphatic carbocycles. The van der Waals surface area contributed by atoms with Gasteiger partial charge in [0.25, 0.3) is 0 Å². The molecule has 0 bridgehead atoms. The first-order valence-electron chi connectivity index (χ1n) is 10.5. The van der Waals surface area contributed by atoms with Gasteiger partial charge < -0.3 is 24.0 Å². The van der Waals surface area contributed by atoms with Gasteiger partial charge in [0.1, 0.15) is 0 Å². The van der Waals surface area contributed by atoms with Crippen molar-refractivity contribution in [2.24, 2.45) is 10.2 Å². The number of nitrogens with zero attached hydrogens (tertiary/aromatic N) is 5. The maximum Gasteiger partial charge on any atom is -1.00 e. The van der Waals surface area contributed by atoms with Crippen LogP contribution in [0.2, 0.25) is 0 Å². The van der Waals surface area contributed by atoms with Crippen LogP contribution in [-0.2, 0) is 6.54 Å². The number of para-hydroxylation sites is 1. The fraction of sp³-hybridized carbons (Fsp3) is 0.250. The minimum atomic E-state index is 0. The van der Waals surface area contributed by atoms with Crippen molar-refractivity contribution in [3.8, 4) is 0 Å². The fourth-order valence-corrected chi connectivity index (χ4v) is 5.95. The second-order valence-corrected chi connectivity index (χ2v) is 10.2. The van der Waals surface area contributed by atoms with Crippen LogP contribution in [0.4, 0.5) is 16.1 Å². The minimum Gasteiger partial charge on any atom is -1.00 e. The van der Waals surface area contributed by atoms with Crippen LogP contribution in [0.1, 0.15) is 30.2 Å². The van der Waals surface area contributed by atoms with Crippen LogP contribution < -0.4 is 33.4 Å². The number of benzene rings is 2. The van der Waals surface area contributed by atoms with Gasteiger partial charge in [0.05, 0.1) is 0 Å². The molecule has 0 amide bonds. The Hall–Kier alpha value is -1.87. The van der Waals surface area contributed by atoms with E-state index < -0.39 is 0 Å². The van der Waals surface area contributed by atoms with Gasteiger partial charge in [-0.3, -0.25) is 0 Å². The third kappa shape index (κ3) is 5.73. The van der Waals surface area contributed by atoms with Crippen molar-refractivity contribution < 1.29 is 28.5 Å². The Balaban J connectivity index is 0.00000289. The Kier molecular flexibility index (Phi) is 9.16. The Morgan fingerprint density at radius 2 is 1.75 bits per heavy atom. The molecule has 32 heavy (non-hydrogen) atoms. The molecule has 8 heteroatoms. The van der Waals surface area contributed by atoms with E-state index in [0.29, 0.717) is 0 Å². The summed E-state index contributed by atoms with van der Waals surface area (Å²) in [6, 6.07) is 16.8. The van der Waals surface area contributed by atoms with Gasteiger partial charge in [-0.05, 0) is 0 Å². The van der Waals surface area contributed by atoms with Gasteiger partial charge >= 0.3 is 194 Å². The molecular weight excluding hydrogens is 596 g/mol. The number of thiazole rings is 1. The van der Waals surface area contributed by atoms with E-state index in [0.717, 1.165) is 30.0 Å². The molecule has 0 aliphatic heterocycles. The molecule has 2 aromatic heterocycles. The summed E-state index contributed by atoms with van der Waals surface area (Å²) in [6.45, 7) is 9.47. The summed E-state index contributed by atoms with van der Waals surface area (Å²) in [6.07, 6.45) is 6.28. The zero-order valence-corrected chi connectivity index (χ0v) is 23.1. The largest absolute Gasteiger partial charge is 1.00 e. The van der Waals surface area contributed by atoms with Gasteiger partial charge in [-0.15, -0.1) is 0 Å². The summed E-state index contributed by atoms with van der Waals surface area (Å²) < 4.78 is 5.67. The zero-order valence-electron chi connectivity index (χ0n) is 18.4. The van der Waals surface area contributed by atoms with Crippen molar-refractivity contribution >= 4 is 64.3 Å². The van der Waals surface area contributed by atoms with Crippen molar-refractivity contribution in [2.45, 2.75) is 27.3 Å². The van der Waals surface area contributed by atoms with Crippen LogP contribution in [-0.4, -0.2) is 32.6 Å². The van der Waals surface area contributed by atoms with Crippen molar-refractivity contribution in [1.29, 1.82) is 0 Å². The van der Waals surface area contributed by atoms with E-state index in [9.17, 15) is 0 Å². The molecule has 166 valence electrons. The van der Waals surface area contributed by atoms with Crippen LogP contribution >= 0.6 is 11.3 Å². The molecule has 0 spiro atoms. The van der Waals surface area contributed by atoms with E-state index >= 15 is 0 Å². The molecule has 2 heterocycles. The maximum atomic E-state index is 4.46. The van der Waals surface area contributed by atoms with Gasteiger partial charge in [-0.2, -0.15) is 0 Å². The van der Waals surface area contributed by atoms with Crippen LogP contribution in [0.25, 0.3) is 22.4 Å². The number of hydrogen-bond acceptors (Lipinski definition) is 5. The molecule has 0 saturated carbocycles. The second-order valence-electron chi connectivity index (χ2n) is 6.92. The summed E-state index contributed by atoms with van der Waals surface area (Å²) in [4.78, 5) is 6.77. The van der Waals surface area contributed by atoms with Crippen LogP contribution in [0.3, 0.4) is 0 Å². The summed E-state index contributed by atoms with van der Waals surface area (Å²) in [5.74, 6) is 0. The number of anilines is 1. The number of fused-ring (bicyclic) bond motifs is 1. The molecular formula is C24H26IN5SSe. The maximum absolute atomic E-state index is 4.46. The van der Waals surface area contributed by atoms with Crippen molar-refractivity contribution in [3.63, 3.8) is 0 Å². The van der Waals surface area contributed by atoms with E-state index in [1.165, 1.54) is 25.3 Å². The monoisotopic (exact) mass is 623 g/mol. The first kappa shape index (κ1) is 24.8. The van der Waals surface area contributed by atoms with Crippen molar-refractivity contribution in [2.75, 3.05) is 18.0 Å². The topological polar surface area (TPSA) is 44.7 Å². The molecule has 0 saturated heterocycles. The van der Waals surface area contributed by atoms with E-state index in [-0.39, 0.29) is 38.5 Å². The Morgan fingerprint density at radius 3 is 2.47 bits per heavy atom. The van der Waals surface area contributed by atoms with Crippen molar-refractivity contribution in [1.82, 2.24) is 4.98 Å². The first-order chi connectivity index (χ1) is 15.2. The SMILES string of the molecule is CCN(CC)c1ccc(N=Nc2ncc(/C=C/c3sc4ccccc4[n+]3CC)[se]2)cc1.[I-]. The van der Waals surface area contributed by atoms with Gasteiger partial charge in [0.2, 0.25) is 0 Å². The first-order valence-corrected chi connectivity index (χ1v) is 13.1. The third-order valence-corrected chi connectivity index (χ3v) is 7.99. The summed E-state index contributed by atoms with van der Waals surface area (Å²) in [7, 11) is 0. The summed E-state index contributed by atoms with van der Waals surface area (Å²) in [5, 5.41) is 10.0. The molecule has 0 unspecified atom stereocenters. The van der Waals surface area contributed by atoms with Gasteiger partial charge in [-0.1, -0.05) is 0 Å². The molecule has 0 aliphatic rings. The number of aromatic nitrogens is 2. The van der Waals surface area contributed by atoms with E-state index in [4.69, 9.17) is 0 Å². The second kappa shape index (κ2) is 11.8. The Morgan fingerprint density at radius 1 is 1.00 bits per heavy atom. The van der Waals surface area contributed by atoms with Crippen LogP contribution in [0.15, 0.2) is 65.0 Å². The Bertz CT molecular complexity index is 1210. The third-order valence-electron chi connectivity index (χ3n) is 5.08. The fourth-order valence-electron chi connectivity index (χ4n) is 3.48. The molecule has 4 rings (SSSR count). The average molecular weight is 622 g/mol. The number of hydrogen-bond donors (Lipinski definition) is 0. The molecule has 0 fully saturated rings. The van der Waals surface area contributed by atoms with Gasteiger partial charge in [0, 0.05) is 0 Å². The molecule has 0 N–H and O–H groups in total. The molecule has 2 aromatic carbocycles. The molecule has 0 atom stereocenters. The number of halogens is 1. The minimum absolute atomic E-state index is 0. The number of azo groups is 1. The Labute approximate surface area is 216 Å². The van der Waals surface area contributed by atoms with Gasteiger partial charge in [-0.25, -0.2) is 0 Å².